The van der Waals surface area contributed by atoms with Gasteiger partial charge >= 0.3 is 0 Å². The molecule has 0 aliphatic carbocycles. The van der Waals surface area contributed by atoms with E-state index in [0.717, 1.165) is 15.8 Å². The number of halogens is 1. The Balaban J connectivity index is 1.65. The molecule has 0 aliphatic rings. The molecule has 116 valence electrons. The van der Waals surface area contributed by atoms with Gasteiger partial charge in [-0.05, 0) is 30.3 Å². The van der Waals surface area contributed by atoms with E-state index in [4.69, 9.17) is 4.42 Å². The zero-order valence-corrected chi connectivity index (χ0v) is 13.5. The maximum Gasteiger partial charge on any atom is 0.272 e. The van der Waals surface area contributed by atoms with Crippen molar-refractivity contribution in [3.05, 3.63) is 74.8 Å². The first-order chi connectivity index (χ1) is 11.1. The van der Waals surface area contributed by atoms with Crippen molar-refractivity contribution in [1.29, 1.82) is 0 Å². The molecule has 7 heteroatoms. The van der Waals surface area contributed by atoms with Crippen molar-refractivity contribution in [2.24, 2.45) is 0 Å². The van der Waals surface area contributed by atoms with Gasteiger partial charge in [-0.2, -0.15) is 5.10 Å². The van der Waals surface area contributed by atoms with Gasteiger partial charge in [-0.25, -0.2) is 5.10 Å². The fourth-order valence-corrected chi connectivity index (χ4v) is 2.24. The zero-order chi connectivity index (χ0) is 16.2. The predicted octanol–water partition coefficient (Wildman–Crippen LogP) is 2.72. The number of hydrogen-bond acceptors (Lipinski definition) is 4. The maximum absolute atomic E-state index is 11.9. The Labute approximate surface area is 139 Å². The number of carbonyl (C=O) groups is 1. The van der Waals surface area contributed by atoms with E-state index < -0.39 is 0 Å². The summed E-state index contributed by atoms with van der Waals surface area (Å²) < 4.78 is 6.70. The molecule has 1 aromatic carbocycles. The highest BCUT2D eigenvalue weighted by Gasteiger charge is 2.09. The number of amides is 1. The van der Waals surface area contributed by atoms with Crippen LogP contribution in [0.1, 0.15) is 16.2 Å². The second kappa shape index (κ2) is 6.62. The lowest BCUT2D eigenvalue weighted by molar-refractivity contribution is 0.0942. The van der Waals surface area contributed by atoms with Gasteiger partial charge in [0.25, 0.3) is 11.5 Å². The van der Waals surface area contributed by atoms with E-state index in [2.05, 4.69) is 31.4 Å². The molecule has 1 amide bonds. The van der Waals surface area contributed by atoms with E-state index in [0.29, 0.717) is 5.76 Å². The van der Waals surface area contributed by atoms with Crippen molar-refractivity contribution < 1.29 is 9.21 Å². The Kier molecular flexibility index (Phi) is 4.38. The van der Waals surface area contributed by atoms with Crippen LogP contribution in [0.25, 0.3) is 11.3 Å². The first kappa shape index (κ1) is 15.2. The molecule has 3 aromatic rings. The normalized spacial score (nSPS) is 10.5. The Morgan fingerprint density at radius 2 is 1.91 bits per heavy atom. The van der Waals surface area contributed by atoms with Crippen LogP contribution >= 0.6 is 15.9 Å². The van der Waals surface area contributed by atoms with Gasteiger partial charge in [-0.3, -0.25) is 9.59 Å². The van der Waals surface area contributed by atoms with Gasteiger partial charge in [-0.1, -0.05) is 28.1 Å². The van der Waals surface area contributed by atoms with Gasteiger partial charge < -0.3 is 9.73 Å². The van der Waals surface area contributed by atoms with Crippen LogP contribution in [0.15, 0.2) is 62.2 Å². The quantitative estimate of drug-likeness (QED) is 0.735. The molecule has 0 fully saturated rings. The van der Waals surface area contributed by atoms with E-state index in [1.54, 1.807) is 6.07 Å². The van der Waals surface area contributed by atoms with Crippen molar-refractivity contribution >= 4 is 21.8 Å². The third-order valence-electron chi connectivity index (χ3n) is 3.13. The SMILES string of the molecule is O=C(NCc1ccc(-c2ccc(Br)cc2)o1)c1ccc(=O)[nH]n1. The Bertz CT molecular complexity index is 864. The van der Waals surface area contributed by atoms with E-state index in [1.807, 2.05) is 30.3 Å². The van der Waals surface area contributed by atoms with Crippen LogP contribution in [0.2, 0.25) is 0 Å². The molecule has 6 nitrogen and oxygen atoms in total. The summed E-state index contributed by atoms with van der Waals surface area (Å²) in [5, 5.41) is 8.57. The monoisotopic (exact) mass is 373 g/mol. The summed E-state index contributed by atoms with van der Waals surface area (Å²) >= 11 is 3.38. The Hall–Kier alpha value is -2.67. The highest BCUT2D eigenvalue weighted by atomic mass is 79.9. The van der Waals surface area contributed by atoms with E-state index in [-0.39, 0.29) is 23.7 Å². The number of furan rings is 1. The number of rotatable bonds is 4. The van der Waals surface area contributed by atoms with Gasteiger partial charge in [-0.15, -0.1) is 0 Å². The number of H-pyrrole nitrogens is 1. The highest BCUT2D eigenvalue weighted by molar-refractivity contribution is 9.10. The molecule has 0 aliphatic heterocycles. The second-order valence-electron chi connectivity index (χ2n) is 4.76. The van der Waals surface area contributed by atoms with Crippen molar-refractivity contribution in [3.8, 4) is 11.3 Å². The lowest BCUT2D eigenvalue weighted by Gasteiger charge is -2.02. The zero-order valence-electron chi connectivity index (χ0n) is 11.9. The molecule has 2 N–H and O–H groups in total. The summed E-state index contributed by atoms with van der Waals surface area (Å²) in [6, 6.07) is 14.0. The number of hydrogen-bond donors (Lipinski definition) is 2. The average molecular weight is 374 g/mol. The highest BCUT2D eigenvalue weighted by Crippen LogP contribution is 2.23. The van der Waals surface area contributed by atoms with Crippen LogP contribution in [0.5, 0.6) is 0 Å². The van der Waals surface area contributed by atoms with Gasteiger partial charge in [0.1, 0.15) is 17.2 Å². The first-order valence-electron chi connectivity index (χ1n) is 6.80. The lowest BCUT2D eigenvalue weighted by Crippen LogP contribution is -2.25. The van der Waals surface area contributed by atoms with Crippen LogP contribution in [0, 0.1) is 0 Å². The van der Waals surface area contributed by atoms with Gasteiger partial charge in [0.05, 0.1) is 6.54 Å². The van der Waals surface area contributed by atoms with Crippen molar-refractivity contribution in [2.45, 2.75) is 6.54 Å². The number of aromatic nitrogens is 2. The number of nitrogens with one attached hydrogen (secondary N) is 2. The smallest absolute Gasteiger partial charge is 0.272 e. The first-order valence-corrected chi connectivity index (χ1v) is 7.60. The molecule has 0 atom stereocenters. The minimum absolute atomic E-state index is 0.143. The van der Waals surface area contributed by atoms with E-state index in [1.165, 1.54) is 12.1 Å². The van der Waals surface area contributed by atoms with Crippen LogP contribution in [-0.2, 0) is 6.54 Å². The lowest BCUT2D eigenvalue weighted by atomic mass is 10.2. The number of nitrogens with zero attached hydrogens (tertiary/aromatic N) is 1. The molecule has 3 rings (SSSR count). The second-order valence-corrected chi connectivity index (χ2v) is 5.68. The molecule has 2 aromatic heterocycles. The van der Waals surface area contributed by atoms with E-state index >= 15 is 0 Å². The molecule has 0 unspecified atom stereocenters. The molecule has 0 saturated heterocycles. The number of aromatic amines is 1. The average Bonchev–Trinajstić information content (AvgIpc) is 3.03. The van der Waals surface area contributed by atoms with Crippen LogP contribution in [-0.4, -0.2) is 16.1 Å². The Morgan fingerprint density at radius 3 is 2.61 bits per heavy atom. The van der Waals surface area contributed by atoms with Crippen molar-refractivity contribution in [3.63, 3.8) is 0 Å². The summed E-state index contributed by atoms with van der Waals surface area (Å²) in [4.78, 5) is 22.8. The summed E-state index contributed by atoms with van der Waals surface area (Å²) in [7, 11) is 0. The summed E-state index contributed by atoms with van der Waals surface area (Å²) in [5.74, 6) is 0.965. The standard InChI is InChI=1S/C16H12BrN3O3/c17-11-3-1-10(2-4-11)14-7-5-12(23-14)9-18-16(22)13-6-8-15(21)20-19-13/h1-8H,9H2,(H,18,22)(H,20,21). The molecule has 23 heavy (non-hydrogen) atoms. The minimum Gasteiger partial charge on any atom is -0.459 e. The van der Waals surface area contributed by atoms with Gasteiger partial charge in [0.2, 0.25) is 0 Å². The van der Waals surface area contributed by atoms with Gasteiger partial charge in [0, 0.05) is 16.1 Å². The molecule has 0 saturated carbocycles. The third kappa shape index (κ3) is 3.75. The summed E-state index contributed by atoms with van der Waals surface area (Å²) in [6.07, 6.45) is 0. The maximum atomic E-state index is 11.9. The Morgan fingerprint density at radius 1 is 1.13 bits per heavy atom. The topological polar surface area (TPSA) is 88.0 Å². The van der Waals surface area contributed by atoms with Crippen LogP contribution in [0.4, 0.5) is 0 Å². The summed E-state index contributed by atoms with van der Waals surface area (Å²) in [6.45, 7) is 0.232. The molecule has 0 radical (unpaired) electrons. The van der Waals surface area contributed by atoms with Crippen LogP contribution in [0.3, 0.4) is 0 Å². The molecular weight excluding hydrogens is 362 g/mol. The number of benzene rings is 1. The van der Waals surface area contributed by atoms with Crippen molar-refractivity contribution in [1.82, 2.24) is 15.5 Å². The minimum atomic E-state index is -0.386. The largest absolute Gasteiger partial charge is 0.459 e. The van der Waals surface area contributed by atoms with Gasteiger partial charge in [0.15, 0.2) is 0 Å². The predicted molar refractivity (Wildman–Crippen MR) is 87.9 cm³/mol. The van der Waals surface area contributed by atoms with E-state index in [9.17, 15) is 9.59 Å². The number of carbonyl (C=O) groups excluding carboxylic acids is 1. The third-order valence-corrected chi connectivity index (χ3v) is 3.65. The molecular formula is C16H12BrN3O3. The molecule has 0 spiro atoms. The van der Waals surface area contributed by atoms with Crippen molar-refractivity contribution in [2.75, 3.05) is 0 Å². The van der Waals surface area contributed by atoms with Crippen LogP contribution < -0.4 is 10.9 Å². The fraction of sp³-hybridized carbons (Fsp3) is 0.0625. The summed E-state index contributed by atoms with van der Waals surface area (Å²) in [5.41, 5.74) is 0.740. The molecule has 0 bridgehead atoms. The fourth-order valence-electron chi connectivity index (χ4n) is 1.97. The molecule has 2 heterocycles.